The molecule has 2 aliphatic heterocycles. The summed E-state index contributed by atoms with van der Waals surface area (Å²) in [6.45, 7) is 1.60. The van der Waals surface area contributed by atoms with Gasteiger partial charge >= 0.3 is 0 Å². The van der Waals surface area contributed by atoms with Gasteiger partial charge < -0.3 is 0 Å². The van der Waals surface area contributed by atoms with Gasteiger partial charge in [-0.05, 0) is 0 Å². The average molecular weight is 304 g/mol. The number of imide groups is 1. The van der Waals surface area contributed by atoms with E-state index in [-0.39, 0.29) is 18.2 Å². The van der Waals surface area contributed by atoms with Gasteiger partial charge in [-0.2, -0.15) is 17.0 Å². The monoisotopic (exact) mass is 304 g/mol. The Balaban J connectivity index is 1.99. The molecule has 8 nitrogen and oxygen atoms in total. The quantitative estimate of drug-likeness (QED) is 0.573. The molecular weight excluding hydrogens is 284 g/mol. The predicted octanol–water partition coefficient (Wildman–Crippen LogP) is -1.83. The maximum absolute atomic E-state index is 12.0. The third-order valence-electron chi connectivity index (χ3n) is 3.86. The summed E-state index contributed by atoms with van der Waals surface area (Å²) < 4.78 is 26.6. The molecule has 20 heavy (non-hydrogen) atoms. The van der Waals surface area contributed by atoms with E-state index in [2.05, 4.69) is 0 Å². The van der Waals surface area contributed by atoms with E-state index in [4.69, 9.17) is 0 Å². The van der Waals surface area contributed by atoms with E-state index in [9.17, 15) is 18.0 Å². The smallest absolute Gasteiger partial charge is 0.281 e. The summed E-state index contributed by atoms with van der Waals surface area (Å²) in [5, 5.41) is 0. The van der Waals surface area contributed by atoms with Crippen molar-refractivity contribution in [1.82, 2.24) is 18.4 Å². The highest BCUT2D eigenvalue weighted by atomic mass is 32.2. The number of amides is 2. The highest BCUT2D eigenvalue weighted by Gasteiger charge is 2.41. The van der Waals surface area contributed by atoms with E-state index in [0.29, 0.717) is 26.2 Å². The number of hydrogen-bond acceptors (Lipinski definition) is 5. The standard InChI is InChI=1S/C11H20N4O4S/c1-12(2)20(18,19)15-6-4-14(5-7-15)9-8-10(16)13(3)11(9)17/h9H,4-8H2,1-3H3. The van der Waals surface area contributed by atoms with Crippen molar-refractivity contribution < 1.29 is 18.0 Å². The van der Waals surface area contributed by atoms with Crippen LogP contribution in [0.2, 0.25) is 0 Å². The molecule has 1 unspecified atom stereocenters. The Morgan fingerprint density at radius 2 is 1.65 bits per heavy atom. The first-order chi connectivity index (χ1) is 9.25. The van der Waals surface area contributed by atoms with Gasteiger partial charge in [-0.25, -0.2) is 0 Å². The molecule has 0 aliphatic carbocycles. The molecule has 0 aromatic carbocycles. The molecule has 2 rings (SSSR count). The number of likely N-dealkylation sites (N-methyl/N-ethyl adjacent to an activating group) is 1. The van der Waals surface area contributed by atoms with Crippen molar-refractivity contribution in [2.75, 3.05) is 47.3 Å². The molecule has 2 heterocycles. The SMILES string of the molecule is CN1C(=O)CC(N2CCN(S(=O)(=O)N(C)C)CC2)C1=O. The summed E-state index contributed by atoms with van der Waals surface area (Å²) in [4.78, 5) is 26.5. The van der Waals surface area contributed by atoms with Gasteiger partial charge in [0.1, 0.15) is 0 Å². The molecule has 2 amide bonds. The lowest BCUT2D eigenvalue weighted by Crippen LogP contribution is -2.55. The van der Waals surface area contributed by atoms with Crippen molar-refractivity contribution in [2.24, 2.45) is 0 Å². The van der Waals surface area contributed by atoms with Crippen molar-refractivity contribution in [3.8, 4) is 0 Å². The first-order valence-corrected chi connectivity index (χ1v) is 7.87. The number of likely N-dealkylation sites (tertiary alicyclic amines) is 1. The molecule has 2 saturated heterocycles. The summed E-state index contributed by atoms with van der Waals surface area (Å²) >= 11 is 0. The van der Waals surface area contributed by atoms with Gasteiger partial charge in [-0.3, -0.25) is 19.4 Å². The van der Waals surface area contributed by atoms with Crippen molar-refractivity contribution >= 4 is 22.0 Å². The molecule has 0 aromatic heterocycles. The second-order valence-corrected chi connectivity index (χ2v) is 7.38. The highest BCUT2D eigenvalue weighted by Crippen LogP contribution is 2.20. The van der Waals surface area contributed by atoms with E-state index in [0.717, 1.165) is 4.90 Å². The van der Waals surface area contributed by atoms with Crippen LogP contribution in [0.3, 0.4) is 0 Å². The number of carbonyl (C=O) groups excluding carboxylic acids is 2. The average Bonchev–Trinajstić information content (AvgIpc) is 2.66. The zero-order valence-electron chi connectivity index (χ0n) is 11.9. The fourth-order valence-corrected chi connectivity index (χ4v) is 3.58. The van der Waals surface area contributed by atoms with Crippen molar-refractivity contribution in [2.45, 2.75) is 12.5 Å². The van der Waals surface area contributed by atoms with Crippen molar-refractivity contribution in [1.29, 1.82) is 0 Å². The molecule has 2 aliphatic rings. The molecule has 9 heteroatoms. The third kappa shape index (κ3) is 2.58. The van der Waals surface area contributed by atoms with Gasteiger partial charge in [-0.15, -0.1) is 0 Å². The van der Waals surface area contributed by atoms with Crippen LogP contribution in [0.5, 0.6) is 0 Å². The summed E-state index contributed by atoms with van der Waals surface area (Å²) in [7, 11) is 1.07. The zero-order chi connectivity index (χ0) is 15.1. The second-order valence-electron chi connectivity index (χ2n) is 5.24. The molecule has 2 fully saturated rings. The van der Waals surface area contributed by atoms with Crippen LogP contribution >= 0.6 is 0 Å². The Hall–Kier alpha value is -1.03. The maximum atomic E-state index is 12.0. The molecule has 0 saturated carbocycles. The lowest BCUT2D eigenvalue weighted by molar-refractivity contribution is -0.138. The van der Waals surface area contributed by atoms with E-state index in [1.165, 1.54) is 29.8 Å². The number of carbonyl (C=O) groups is 2. The molecule has 0 aromatic rings. The fraction of sp³-hybridized carbons (Fsp3) is 0.818. The van der Waals surface area contributed by atoms with E-state index < -0.39 is 16.3 Å². The van der Waals surface area contributed by atoms with Gasteiger partial charge in [0.15, 0.2) is 0 Å². The second kappa shape index (κ2) is 5.40. The third-order valence-corrected chi connectivity index (χ3v) is 5.80. The van der Waals surface area contributed by atoms with Crippen LogP contribution in [0, 0.1) is 0 Å². The molecule has 0 N–H and O–H groups in total. The minimum Gasteiger partial charge on any atom is -0.289 e. The number of piperazine rings is 1. The molecular formula is C11H20N4O4S. The fourth-order valence-electron chi connectivity index (χ4n) is 2.50. The molecule has 0 radical (unpaired) electrons. The Bertz CT molecular complexity index is 511. The summed E-state index contributed by atoms with van der Waals surface area (Å²) in [5.74, 6) is -0.373. The topological polar surface area (TPSA) is 81.2 Å². The number of rotatable bonds is 3. The Morgan fingerprint density at radius 1 is 1.10 bits per heavy atom. The van der Waals surface area contributed by atoms with E-state index >= 15 is 0 Å². The molecule has 1 atom stereocenters. The van der Waals surface area contributed by atoms with Crippen LogP contribution in [0.4, 0.5) is 0 Å². The summed E-state index contributed by atoms with van der Waals surface area (Å²) in [6, 6.07) is -0.434. The van der Waals surface area contributed by atoms with Gasteiger partial charge in [0.05, 0.1) is 12.5 Å². The minimum absolute atomic E-state index is 0.177. The highest BCUT2D eigenvalue weighted by molar-refractivity contribution is 7.86. The lowest BCUT2D eigenvalue weighted by atomic mass is 10.2. The Kier molecular flexibility index (Phi) is 4.14. The van der Waals surface area contributed by atoms with Gasteiger partial charge in [-0.1, -0.05) is 0 Å². The van der Waals surface area contributed by atoms with Crippen molar-refractivity contribution in [3.05, 3.63) is 0 Å². The lowest BCUT2D eigenvalue weighted by Gasteiger charge is -2.37. The van der Waals surface area contributed by atoms with Gasteiger partial charge in [0.25, 0.3) is 10.2 Å². The minimum atomic E-state index is -3.40. The van der Waals surface area contributed by atoms with Crippen LogP contribution < -0.4 is 0 Å². The van der Waals surface area contributed by atoms with Crippen molar-refractivity contribution in [3.63, 3.8) is 0 Å². The van der Waals surface area contributed by atoms with E-state index in [1.54, 1.807) is 0 Å². The number of hydrogen-bond donors (Lipinski definition) is 0. The first-order valence-electron chi connectivity index (χ1n) is 6.47. The normalized spacial score (nSPS) is 26.8. The predicted molar refractivity (Wildman–Crippen MR) is 71.9 cm³/mol. The van der Waals surface area contributed by atoms with Crippen LogP contribution in [0.15, 0.2) is 0 Å². The molecule has 0 spiro atoms. The van der Waals surface area contributed by atoms with Crippen LogP contribution in [0.25, 0.3) is 0 Å². The summed E-state index contributed by atoms with van der Waals surface area (Å²) in [5.41, 5.74) is 0. The van der Waals surface area contributed by atoms with Crippen LogP contribution in [-0.4, -0.2) is 92.0 Å². The van der Waals surface area contributed by atoms with Crippen LogP contribution in [-0.2, 0) is 19.8 Å². The summed E-state index contributed by atoms with van der Waals surface area (Å²) in [6.07, 6.45) is 0.190. The maximum Gasteiger partial charge on any atom is 0.281 e. The zero-order valence-corrected chi connectivity index (χ0v) is 12.8. The first kappa shape index (κ1) is 15.4. The van der Waals surface area contributed by atoms with Gasteiger partial charge in [0.2, 0.25) is 11.8 Å². The Morgan fingerprint density at radius 3 is 2.05 bits per heavy atom. The molecule has 0 bridgehead atoms. The Labute approximate surface area is 119 Å². The number of nitrogens with zero attached hydrogens (tertiary/aromatic N) is 4. The van der Waals surface area contributed by atoms with Gasteiger partial charge in [0, 0.05) is 47.3 Å². The largest absolute Gasteiger partial charge is 0.289 e. The molecule has 114 valence electrons. The van der Waals surface area contributed by atoms with Crippen LogP contribution in [0.1, 0.15) is 6.42 Å². The van der Waals surface area contributed by atoms with E-state index in [1.807, 2.05) is 4.90 Å².